The number of rotatable bonds is 3. The number of para-hydroxylation sites is 1. The van der Waals surface area contributed by atoms with E-state index in [4.69, 9.17) is 10.5 Å². The lowest BCUT2D eigenvalue weighted by Crippen LogP contribution is -2.13. The van der Waals surface area contributed by atoms with Gasteiger partial charge in [-0.1, -0.05) is 12.1 Å². The Bertz CT molecular complexity index is 813. The van der Waals surface area contributed by atoms with Crippen LogP contribution in [0.15, 0.2) is 53.4 Å². The summed E-state index contributed by atoms with van der Waals surface area (Å²) in [5.74, 6) is 0. The van der Waals surface area contributed by atoms with E-state index in [9.17, 15) is 8.42 Å². The first kappa shape index (κ1) is 13.6. The molecule has 0 fully saturated rings. The number of nitriles is 2. The summed E-state index contributed by atoms with van der Waals surface area (Å²) in [5.41, 5.74) is 0.838. The van der Waals surface area contributed by atoms with Crippen LogP contribution in [-0.4, -0.2) is 8.42 Å². The third kappa shape index (κ3) is 2.77. The molecule has 0 aliphatic carbocycles. The second-order valence-electron chi connectivity index (χ2n) is 3.90. The second-order valence-corrected chi connectivity index (χ2v) is 5.58. The van der Waals surface area contributed by atoms with Crippen molar-refractivity contribution in [1.82, 2.24) is 0 Å². The minimum atomic E-state index is -3.78. The zero-order chi connectivity index (χ0) is 14.6. The van der Waals surface area contributed by atoms with Gasteiger partial charge in [-0.3, -0.25) is 4.72 Å². The van der Waals surface area contributed by atoms with E-state index < -0.39 is 10.0 Å². The molecule has 98 valence electrons. The Kier molecular flexibility index (Phi) is 3.69. The molecule has 0 aliphatic heterocycles. The summed E-state index contributed by atoms with van der Waals surface area (Å²) in [6, 6.07) is 15.7. The van der Waals surface area contributed by atoms with Gasteiger partial charge in [0.2, 0.25) is 0 Å². The van der Waals surface area contributed by atoms with Crippen molar-refractivity contribution in [2.75, 3.05) is 4.72 Å². The van der Waals surface area contributed by atoms with Gasteiger partial charge in [0, 0.05) is 0 Å². The van der Waals surface area contributed by atoms with E-state index in [1.165, 1.54) is 36.4 Å². The molecule has 2 rings (SSSR count). The van der Waals surface area contributed by atoms with E-state index in [2.05, 4.69) is 4.72 Å². The van der Waals surface area contributed by atoms with Crippen LogP contribution >= 0.6 is 0 Å². The minimum absolute atomic E-state index is 0.0317. The monoisotopic (exact) mass is 283 g/mol. The normalized spacial score (nSPS) is 10.3. The Hall–Kier alpha value is -2.83. The molecule has 0 bridgehead atoms. The minimum Gasteiger partial charge on any atom is -0.278 e. The maximum absolute atomic E-state index is 12.2. The molecule has 0 heterocycles. The van der Waals surface area contributed by atoms with Gasteiger partial charge in [-0.2, -0.15) is 10.5 Å². The molecule has 0 aliphatic rings. The van der Waals surface area contributed by atoms with Crippen LogP contribution in [0.2, 0.25) is 0 Å². The number of hydrogen-bond donors (Lipinski definition) is 1. The summed E-state index contributed by atoms with van der Waals surface area (Å²) in [5, 5.41) is 17.6. The lowest BCUT2D eigenvalue weighted by atomic mass is 10.2. The lowest BCUT2D eigenvalue weighted by Gasteiger charge is -2.09. The van der Waals surface area contributed by atoms with Crippen molar-refractivity contribution >= 4 is 15.7 Å². The summed E-state index contributed by atoms with van der Waals surface area (Å²) in [4.78, 5) is 0.0317. The lowest BCUT2D eigenvalue weighted by molar-refractivity contribution is 0.601. The number of nitrogens with zero attached hydrogens (tertiary/aromatic N) is 2. The fourth-order valence-electron chi connectivity index (χ4n) is 1.58. The van der Waals surface area contributed by atoms with Crippen molar-refractivity contribution < 1.29 is 8.42 Å². The number of sulfonamides is 1. The van der Waals surface area contributed by atoms with E-state index in [-0.39, 0.29) is 16.1 Å². The van der Waals surface area contributed by atoms with Crippen molar-refractivity contribution in [3.63, 3.8) is 0 Å². The highest BCUT2D eigenvalue weighted by Crippen LogP contribution is 2.19. The van der Waals surface area contributed by atoms with E-state index in [1.807, 2.05) is 12.1 Å². The maximum atomic E-state index is 12.2. The van der Waals surface area contributed by atoms with Gasteiger partial charge in [0.05, 0.1) is 27.8 Å². The van der Waals surface area contributed by atoms with Gasteiger partial charge in [-0.05, 0) is 36.4 Å². The van der Waals surface area contributed by atoms with Crippen molar-refractivity contribution in [2.24, 2.45) is 0 Å². The molecule has 20 heavy (non-hydrogen) atoms. The zero-order valence-corrected chi connectivity index (χ0v) is 11.1. The highest BCUT2D eigenvalue weighted by Gasteiger charge is 2.15. The predicted octanol–water partition coefficient (Wildman–Crippen LogP) is 2.23. The fraction of sp³-hybridized carbons (Fsp3) is 0. The number of hydrogen-bond acceptors (Lipinski definition) is 4. The Balaban J connectivity index is 2.36. The Morgan fingerprint density at radius 3 is 2.15 bits per heavy atom. The van der Waals surface area contributed by atoms with Crippen LogP contribution in [0.1, 0.15) is 11.1 Å². The molecule has 2 aromatic rings. The predicted molar refractivity (Wildman–Crippen MR) is 73.1 cm³/mol. The molecule has 2 aromatic carbocycles. The number of benzene rings is 2. The molecule has 0 aromatic heterocycles. The van der Waals surface area contributed by atoms with Gasteiger partial charge in [-0.15, -0.1) is 0 Å². The Labute approximate surface area is 116 Å². The molecule has 0 saturated heterocycles. The van der Waals surface area contributed by atoms with E-state index >= 15 is 0 Å². The van der Waals surface area contributed by atoms with Crippen molar-refractivity contribution in [3.05, 3.63) is 59.7 Å². The molecule has 1 N–H and O–H groups in total. The van der Waals surface area contributed by atoms with Gasteiger partial charge in [0.25, 0.3) is 10.0 Å². The van der Waals surface area contributed by atoms with E-state index in [0.29, 0.717) is 5.56 Å². The van der Waals surface area contributed by atoms with Crippen molar-refractivity contribution in [2.45, 2.75) is 4.90 Å². The molecular weight excluding hydrogens is 274 g/mol. The maximum Gasteiger partial charge on any atom is 0.261 e. The molecule has 0 amide bonds. The summed E-state index contributed by atoms with van der Waals surface area (Å²) in [7, 11) is -3.78. The van der Waals surface area contributed by atoms with Crippen LogP contribution in [0, 0.1) is 22.7 Å². The molecule has 6 heteroatoms. The highest BCUT2D eigenvalue weighted by atomic mass is 32.2. The van der Waals surface area contributed by atoms with Gasteiger partial charge in [0.1, 0.15) is 6.07 Å². The molecule has 5 nitrogen and oxygen atoms in total. The third-order valence-electron chi connectivity index (χ3n) is 2.59. The van der Waals surface area contributed by atoms with Gasteiger partial charge >= 0.3 is 0 Å². The van der Waals surface area contributed by atoms with Crippen LogP contribution in [0.4, 0.5) is 5.69 Å². The molecule has 0 spiro atoms. The van der Waals surface area contributed by atoms with Crippen molar-refractivity contribution in [3.8, 4) is 12.1 Å². The SMILES string of the molecule is N#Cc1ccc(S(=O)(=O)Nc2ccccc2C#N)cc1. The molecule has 0 radical (unpaired) electrons. The average molecular weight is 283 g/mol. The summed E-state index contributed by atoms with van der Waals surface area (Å²) < 4.78 is 26.7. The molecule has 0 saturated carbocycles. The highest BCUT2D eigenvalue weighted by molar-refractivity contribution is 7.92. The summed E-state index contributed by atoms with van der Waals surface area (Å²) in [6.45, 7) is 0. The smallest absolute Gasteiger partial charge is 0.261 e. The van der Waals surface area contributed by atoms with Crippen molar-refractivity contribution in [1.29, 1.82) is 10.5 Å². The largest absolute Gasteiger partial charge is 0.278 e. The molecule has 0 unspecified atom stereocenters. The van der Waals surface area contributed by atoms with Crippen LogP contribution in [0.25, 0.3) is 0 Å². The first-order chi connectivity index (χ1) is 9.56. The zero-order valence-electron chi connectivity index (χ0n) is 10.2. The van der Waals surface area contributed by atoms with Gasteiger partial charge in [-0.25, -0.2) is 8.42 Å². The first-order valence-corrected chi connectivity index (χ1v) is 7.07. The van der Waals surface area contributed by atoms with Crippen LogP contribution in [0.5, 0.6) is 0 Å². The Morgan fingerprint density at radius 2 is 1.55 bits per heavy atom. The summed E-state index contributed by atoms with van der Waals surface area (Å²) in [6.07, 6.45) is 0. The molecule has 0 atom stereocenters. The fourth-order valence-corrected chi connectivity index (χ4v) is 2.66. The van der Waals surface area contributed by atoms with Gasteiger partial charge < -0.3 is 0 Å². The Morgan fingerprint density at radius 1 is 0.900 bits per heavy atom. The third-order valence-corrected chi connectivity index (χ3v) is 3.97. The van der Waals surface area contributed by atoms with E-state index in [1.54, 1.807) is 12.1 Å². The molecular formula is C14H9N3O2S. The quantitative estimate of drug-likeness (QED) is 0.934. The average Bonchev–Trinajstić information content (AvgIpc) is 2.47. The summed E-state index contributed by atoms with van der Waals surface area (Å²) >= 11 is 0. The number of nitrogens with one attached hydrogen (secondary N) is 1. The van der Waals surface area contributed by atoms with Crippen LogP contribution in [-0.2, 0) is 10.0 Å². The standard InChI is InChI=1S/C14H9N3O2S/c15-9-11-5-7-13(8-6-11)20(18,19)17-14-4-2-1-3-12(14)10-16/h1-8,17H. The first-order valence-electron chi connectivity index (χ1n) is 5.59. The van der Waals surface area contributed by atoms with Crippen LogP contribution in [0.3, 0.4) is 0 Å². The second kappa shape index (κ2) is 5.43. The topological polar surface area (TPSA) is 93.8 Å². The van der Waals surface area contributed by atoms with Gasteiger partial charge in [0.15, 0.2) is 0 Å². The van der Waals surface area contributed by atoms with Crippen LogP contribution < -0.4 is 4.72 Å². The number of anilines is 1. The van der Waals surface area contributed by atoms with E-state index in [0.717, 1.165) is 0 Å².